The molecular weight excluding hydrogens is 264 g/mol. The number of ether oxygens (including phenoxy) is 3. The minimum atomic E-state index is -0.393. The molecule has 1 N–H and O–H groups in total. The Bertz CT molecular complexity index is 386. The van der Waals surface area contributed by atoms with Gasteiger partial charge in [-0.1, -0.05) is 0 Å². The number of nitrogens with one attached hydrogen (secondary N) is 1. The van der Waals surface area contributed by atoms with Crippen LogP contribution in [0.2, 0.25) is 0 Å². The Morgan fingerprint density at radius 1 is 1.25 bits per heavy atom. The van der Waals surface area contributed by atoms with E-state index < -0.39 is 6.29 Å². The van der Waals surface area contributed by atoms with Crippen molar-refractivity contribution in [3.8, 4) is 0 Å². The summed E-state index contributed by atoms with van der Waals surface area (Å²) < 4.78 is 16.0. The van der Waals surface area contributed by atoms with E-state index in [-0.39, 0.29) is 24.0 Å². The van der Waals surface area contributed by atoms with Gasteiger partial charge in [0.25, 0.3) is 0 Å². The van der Waals surface area contributed by atoms with Crippen molar-refractivity contribution in [2.45, 2.75) is 37.6 Å². The summed E-state index contributed by atoms with van der Waals surface area (Å²) in [5, 5.41) is 2.66. The molecular formula is C13H20N2O5. The highest BCUT2D eigenvalue weighted by Crippen LogP contribution is 2.32. The zero-order chi connectivity index (χ0) is 14.0. The van der Waals surface area contributed by atoms with Crippen LogP contribution >= 0.6 is 0 Å². The standard InChI is InChI=1S/C13H20N2O5/c16-10(9-11-18-7-8-19-11)15-5-2-13(3-6-15)1-4-14-12(17)20-13/h11H,1-9H2,(H,14,17). The van der Waals surface area contributed by atoms with E-state index in [1.54, 1.807) is 0 Å². The molecule has 0 aromatic heterocycles. The summed E-state index contributed by atoms with van der Waals surface area (Å²) in [5.74, 6) is 0.0482. The first-order valence-corrected chi connectivity index (χ1v) is 7.15. The van der Waals surface area contributed by atoms with Crippen molar-refractivity contribution < 1.29 is 23.8 Å². The van der Waals surface area contributed by atoms with Crippen LogP contribution in [-0.4, -0.2) is 61.6 Å². The molecule has 7 heteroatoms. The van der Waals surface area contributed by atoms with Gasteiger partial charge in [0.2, 0.25) is 5.91 Å². The molecule has 1 spiro atoms. The molecule has 0 aromatic carbocycles. The summed E-state index contributed by atoms with van der Waals surface area (Å²) >= 11 is 0. The topological polar surface area (TPSA) is 77.1 Å². The smallest absolute Gasteiger partial charge is 0.407 e. The number of carbonyl (C=O) groups excluding carboxylic acids is 2. The first-order chi connectivity index (χ1) is 9.67. The van der Waals surface area contributed by atoms with Gasteiger partial charge >= 0.3 is 6.09 Å². The largest absolute Gasteiger partial charge is 0.443 e. The fraction of sp³-hybridized carbons (Fsp3) is 0.846. The number of hydrogen-bond acceptors (Lipinski definition) is 5. The van der Waals surface area contributed by atoms with Crippen LogP contribution in [0.25, 0.3) is 0 Å². The second-order valence-corrected chi connectivity index (χ2v) is 5.51. The predicted molar refractivity (Wildman–Crippen MR) is 68.0 cm³/mol. The zero-order valence-corrected chi connectivity index (χ0v) is 11.4. The number of rotatable bonds is 2. The van der Waals surface area contributed by atoms with Crippen LogP contribution in [0.5, 0.6) is 0 Å². The first-order valence-electron chi connectivity index (χ1n) is 7.15. The lowest BCUT2D eigenvalue weighted by Crippen LogP contribution is -2.54. The minimum absolute atomic E-state index is 0.0482. The van der Waals surface area contributed by atoms with Crippen molar-refractivity contribution in [1.82, 2.24) is 10.2 Å². The van der Waals surface area contributed by atoms with E-state index in [9.17, 15) is 9.59 Å². The maximum Gasteiger partial charge on any atom is 0.407 e. The molecule has 0 unspecified atom stereocenters. The molecule has 0 radical (unpaired) electrons. The fourth-order valence-electron chi connectivity index (χ4n) is 2.99. The van der Waals surface area contributed by atoms with Crippen LogP contribution in [0.1, 0.15) is 25.7 Å². The summed E-state index contributed by atoms with van der Waals surface area (Å²) in [6, 6.07) is 0. The van der Waals surface area contributed by atoms with Gasteiger partial charge in [0.1, 0.15) is 5.60 Å². The van der Waals surface area contributed by atoms with Crippen LogP contribution in [0.15, 0.2) is 0 Å². The molecule has 7 nitrogen and oxygen atoms in total. The van der Waals surface area contributed by atoms with E-state index in [1.807, 2.05) is 4.90 Å². The van der Waals surface area contributed by atoms with E-state index in [2.05, 4.69) is 5.32 Å². The number of piperidine rings is 1. The Morgan fingerprint density at radius 3 is 2.60 bits per heavy atom. The van der Waals surface area contributed by atoms with E-state index >= 15 is 0 Å². The molecule has 112 valence electrons. The maximum absolute atomic E-state index is 12.1. The number of amides is 2. The first kappa shape index (κ1) is 13.6. The second-order valence-electron chi connectivity index (χ2n) is 5.51. The number of likely N-dealkylation sites (tertiary alicyclic amines) is 1. The normalized spacial score (nSPS) is 26.4. The zero-order valence-electron chi connectivity index (χ0n) is 11.4. The van der Waals surface area contributed by atoms with Gasteiger partial charge in [-0.05, 0) is 0 Å². The van der Waals surface area contributed by atoms with Gasteiger partial charge in [-0.3, -0.25) is 4.79 Å². The Balaban J connectivity index is 1.50. The summed E-state index contributed by atoms with van der Waals surface area (Å²) in [6.07, 6.45) is 1.76. The van der Waals surface area contributed by atoms with Gasteiger partial charge in [0.05, 0.1) is 19.6 Å². The van der Waals surface area contributed by atoms with E-state index in [1.165, 1.54) is 0 Å². The van der Waals surface area contributed by atoms with Crippen LogP contribution in [0.4, 0.5) is 4.79 Å². The van der Waals surface area contributed by atoms with Crippen LogP contribution in [0.3, 0.4) is 0 Å². The molecule has 3 aliphatic heterocycles. The number of carbonyl (C=O) groups is 2. The Morgan fingerprint density at radius 2 is 1.95 bits per heavy atom. The van der Waals surface area contributed by atoms with E-state index in [0.717, 1.165) is 6.42 Å². The summed E-state index contributed by atoms with van der Waals surface area (Å²) in [5.41, 5.74) is -0.376. The van der Waals surface area contributed by atoms with Crippen molar-refractivity contribution in [3.05, 3.63) is 0 Å². The Hall–Kier alpha value is -1.34. The average molecular weight is 284 g/mol. The van der Waals surface area contributed by atoms with Crippen molar-refractivity contribution in [2.75, 3.05) is 32.8 Å². The maximum atomic E-state index is 12.1. The van der Waals surface area contributed by atoms with Crippen LogP contribution < -0.4 is 5.32 Å². The minimum Gasteiger partial charge on any atom is -0.443 e. The Labute approximate surface area is 117 Å². The molecule has 3 aliphatic rings. The van der Waals surface area contributed by atoms with Gasteiger partial charge in [0.15, 0.2) is 6.29 Å². The molecule has 3 fully saturated rings. The average Bonchev–Trinajstić information content (AvgIpc) is 2.92. The van der Waals surface area contributed by atoms with Crippen molar-refractivity contribution >= 4 is 12.0 Å². The molecule has 0 atom stereocenters. The number of alkyl carbamates (subject to hydrolysis) is 1. The molecule has 0 aliphatic carbocycles. The van der Waals surface area contributed by atoms with Gasteiger partial charge in [-0.25, -0.2) is 4.79 Å². The highest BCUT2D eigenvalue weighted by molar-refractivity contribution is 5.76. The third-order valence-corrected chi connectivity index (χ3v) is 4.22. The molecule has 0 saturated carbocycles. The summed E-state index contributed by atoms with van der Waals surface area (Å²) in [4.78, 5) is 25.3. The van der Waals surface area contributed by atoms with Gasteiger partial charge in [-0.15, -0.1) is 0 Å². The SMILES string of the molecule is O=C1NCCC2(CCN(C(=O)CC3OCCO3)CC2)O1. The third kappa shape index (κ3) is 2.88. The summed E-state index contributed by atoms with van der Waals surface area (Å²) in [6.45, 7) is 3.02. The van der Waals surface area contributed by atoms with Gasteiger partial charge in [0, 0.05) is 38.9 Å². The lowest BCUT2D eigenvalue weighted by molar-refractivity contribution is -0.144. The predicted octanol–water partition coefficient (Wildman–Crippen LogP) is 0.241. The molecule has 2 amide bonds. The lowest BCUT2D eigenvalue weighted by atomic mass is 9.87. The van der Waals surface area contributed by atoms with Crippen molar-refractivity contribution in [1.29, 1.82) is 0 Å². The molecule has 3 saturated heterocycles. The molecule has 3 heterocycles. The number of hydrogen-bond donors (Lipinski definition) is 1. The molecule has 3 rings (SSSR count). The van der Waals surface area contributed by atoms with Crippen molar-refractivity contribution in [3.63, 3.8) is 0 Å². The van der Waals surface area contributed by atoms with Gasteiger partial charge < -0.3 is 24.4 Å². The van der Waals surface area contributed by atoms with Crippen LogP contribution in [0, 0.1) is 0 Å². The van der Waals surface area contributed by atoms with Crippen LogP contribution in [-0.2, 0) is 19.0 Å². The third-order valence-electron chi connectivity index (χ3n) is 4.22. The fourth-order valence-corrected chi connectivity index (χ4v) is 2.99. The van der Waals surface area contributed by atoms with Crippen molar-refractivity contribution in [2.24, 2.45) is 0 Å². The second kappa shape index (κ2) is 5.57. The van der Waals surface area contributed by atoms with E-state index in [0.29, 0.717) is 45.7 Å². The molecule has 0 bridgehead atoms. The number of nitrogens with zero attached hydrogens (tertiary/aromatic N) is 1. The monoisotopic (exact) mass is 284 g/mol. The lowest BCUT2D eigenvalue weighted by Gasteiger charge is -2.43. The summed E-state index contributed by atoms with van der Waals surface area (Å²) in [7, 11) is 0. The highest BCUT2D eigenvalue weighted by Gasteiger charge is 2.41. The Kier molecular flexibility index (Phi) is 3.80. The molecule has 20 heavy (non-hydrogen) atoms. The van der Waals surface area contributed by atoms with Gasteiger partial charge in [-0.2, -0.15) is 0 Å². The quantitative estimate of drug-likeness (QED) is 0.786. The highest BCUT2D eigenvalue weighted by atomic mass is 16.7. The van der Waals surface area contributed by atoms with E-state index in [4.69, 9.17) is 14.2 Å². The molecule has 0 aromatic rings.